The molecular formula is C5H12N6S. The molecule has 1 rings (SSSR count). The van der Waals surface area contributed by atoms with E-state index in [0.717, 1.165) is 6.42 Å². The number of nitrogens with two attached hydrogens (primary N) is 2. The third-order valence-corrected chi connectivity index (χ3v) is 1.56. The Morgan fingerprint density at radius 1 is 1.50 bits per heavy atom. The Labute approximate surface area is 74.9 Å². The van der Waals surface area contributed by atoms with Crippen molar-refractivity contribution >= 4 is 18.2 Å². The van der Waals surface area contributed by atoms with Crippen LogP contribution in [0.5, 0.6) is 0 Å². The van der Waals surface area contributed by atoms with Crippen molar-refractivity contribution in [3.63, 3.8) is 0 Å². The molecule has 0 unspecified atom stereocenters. The van der Waals surface area contributed by atoms with E-state index in [1.54, 1.807) is 0 Å². The van der Waals surface area contributed by atoms with Gasteiger partial charge in [0.05, 0.1) is 0 Å². The van der Waals surface area contributed by atoms with Crippen molar-refractivity contribution in [2.75, 3.05) is 18.1 Å². The summed E-state index contributed by atoms with van der Waals surface area (Å²) >= 11 is 4.76. The minimum atomic E-state index is 0.396. The Bertz CT molecular complexity index is 277. The van der Waals surface area contributed by atoms with Gasteiger partial charge in [0.2, 0.25) is 10.7 Å². The Morgan fingerprint density at radius 3 is 2.75 bits per heavy atom. The van der Waals surface area contributed by atoms with Crippen molar-refractivity contribution in [3.8, 4) is 0 Å². The number of nitrogens with zero attached hydrogens (tertiary/aromatic N) is 2. The number of H-pyrrole nitrogens is 2. The predicted molar refractivity (Wildman–Crippen MR) is 49.0 cm³/mol. The van der Waals surface area contributed by atoms with Gasteiger partial charge in [0, 0.05) is 6.54 Å². The molecule has 68 valence electrons. The molecule has 1 aromatic heterocycles. The smallest absolute Gasteiger partial charge is 0.234 e. The summed E-state index contributed by atoms with van der Waals surface area (Å²) in [4.78, 5) is 3.93. The Balaban J connectivity index is 2.53. The molecule has 6 nitrogen and oxygen atoms in total. The standard InChI is InChI=1S/C5H12N6S/c6-2-1-3-11(7)4-8-5(12)10-9-4/h1-3,6-7H2,(H2,8,9,10,12). The number of anilines is 1. The molecule has 0 aromatic carbocycles. The van der Waals surface area contributed by atoms with Crippen molar-refractivity contribution in [2.24, 2.45) is 11.6 Å². The first-order valence-electron chi connectivity index (χ1n) is 3.61. The topological polar surface area (TPSA) is 99.8 Å². The number of aromatic amines is 2. The summed E-state index contributed by atoms with van der Waals surface area (Å²) in [5.74, 6) is 6.15. The van der Waals surface area contributed by atoms with E-state index in [1.807, 2.05) is 0 Å². The summed E-state index contributed by atoms with van der Waals surface area (Å²) in [5, 5.41) is 6.86. The fraction of sp³-hybridized carbons (Fsp3) is 0.600. The first-order valence-corrected chi connectivity index (χ1v) is 4.02. The summed E-state index contributed by atoms with van der Waals surface area (Å²) in [6.07, 6.45) is 0.823. The van der Waals surface area contributed by atoms with Crippen LogP contribution in [0.25, 0.3) is 0 Å². The molecule has 0 saturated carbocycles. The van der Waals surface area contributed by atoms with Gasteiger partial charge in [-0.05, 0) is 25.2 Å². The normalized spacial score (nSPS) is 10.2. The van der Waals surface area contributed by atoms with Crippen LogP contribution in [0, 0.1) is 4.77 Å². The lowest BCUT2D eigenvalue weighted by Crippen LogP contribution is -2.33. The Kier molecular flexibility index (Phi) is 3.20. The molecule has 7 heteroatoms. The van der Waals surface area contributed by atoms with Gasteiger partial charge >= 0.3 is 0 Å². The van der Waals surface area contributed by atoms with Crippen LogP contribution in [0.2, 0.25) is 0 Å². The maximum atomic E-state index is 5.61. The van der Waals surface area contributed by atoms with E-state index in [0.29, 0.717) is 23.8 Å². The summed E-state index contributed by atoms with van der Waals surface area (Å²) in [7, 11) is 0. The third kappa shape index (κ3) is 2.29. The first-order chi connectivity index (χ1) is 5.74. The van der Waals surface area contributed by atoms with Crippen LogP contribution in [0.15, 0.2) is 0 Å². The largest absolute Gasteiger partial charge is 0.330 e. The third-order valence-electron chi connectivity index (χ3n) is 1.36. The highest BCUT2D eigenvalue weighted by Crippen LogP contribution is 1.99. The summed E-state index contributed by atoms with van der Waals surface area (Å²) in [6.45, 7) is 1.27. The highest BCUT2D eigenvalue weighted by atomic mass is 32.1. The van der Waals surface area contributed by atoms with E-state index in [4.69, 9.17) is 23.8 Å². The van der Waals surface area contributed by atoms with Crippen LogP contribution in [0.1, 0.15) is 6.42 Å². The molecule has 0 spiro atoms. The van der Waals surface area contributed by atoms with E-state index >= 15 is 0 Å². The zero-order valence-corrected chi connectivity index (χ0v) is 7.40. The van der Waals surface area contributed by atoms with E-state index in [1.165, 1.54) is 5.01 Å². The molecule has 0 amide bonds. The molecule has 0 aliphatic heterocycles. The second-order valence-electron chi connectivity index (χ2n) is 2.33. The lowest BCUT2D eigenvalue weighted by atomic mass is 10.4. The summed E-state index contributed by atoms with van der Waals surface area (Å²) in [5.41, 5.74) is 5.32. The predicted octanol–water partition coefficient (Wildman–Crippen LogP) is -0.504. The number of hydrazine groups is 1. The number of rotatable bonds is 4. The molecule has 0 atom stereocenters. The van der Waals surface area contributed by atoms with Gasteiger partial charge in [-0.25, -0.2) is 5.84 Å². The zero-order chi connectivity index (χ0) is 8.97. The molecular weight excluding hydrogens is 176 g/mol. The lowest BCUT2D eigenvalue weighted by Gasteiger charge is -2.13. The van der Waals surface area contributed by atoms with E-state index in [2.05, 4.69) is 15.2 Å². The van der Waals surface area contributed by atoms with Crippen LogP contribution >= 0.6 is 12.2 Å². The molecule has 0 radical (unpaired) electrons. The second kappa shape index (κ2) is 4.19. The minimum absolute atomic E-state index is 0.396. The first kappa shape index (κ1) is 9.17. The number of hydrogen-bond acceptors (Lipinski definition) is 5. The van der Waals surface area contributed by atoms with Crippen LogP contribution in [-0.2, 0) is 0 Å². The number of hydrogen-bond donors (Lipinski definition) is 4. The average Bonchev–Trinajstić information content (AvgIpc) is 2.47. The van der Waals surface area contributed by atoms with Crippen LogP contribution in [0.3, 0.4) is 0 Å². The van der Waals surface area contributed by atoms with E-state index in [9.17, 15) is 0 Å². The molecule has 1 aromatic rings. The maximum Gasteiger partial charge on any atom is 0.234 e. The fourth-order valence-electron chi connectivity index (χ4n) is 0.765. The van der Waals surface area contributed by atoms with Gasteiger partial charge < -0.3 is 5.73 Å². The molecule has 0 saturated heterocycles. The van der Waals surface area contributed by atoms with Gasteiger partial charge in [0.1, 0.15) is 0 Å². The monoisotopic (exact) mass is 188 g/mol. The average molecular weight is 188 g/mol. The van der Waals surface area contributed by atoms with Gasteiger partial charge in [-0.1, -0.05) is 0 Å². The SMILES string of the molecule is NCCCN(N)c1nc(=S)[nH][nH]1. The molecule has 6 N–H and O–H groups in total. The van der Waals surface area contributed by atoms with Crippen molar-refractivity contribution in [1.82, 2.24) is 15.2 Å². The molecule has 12 heavy (non-hydrogen) atoms. The Morgan fingerprint density at radius 2 is 2.25 bits per heavy atom. The van der Waals surface area contributed by atoms with Gasteiger partial charge in [-0.3, -0.25) is 15.2 Å². The fourth-order valence-corrected chi connectivity index (χ4v) is 0.903. The summed E-state index contributed by atoms with van der Waals surface area (Å²) in [6, 6.07) is 0. The van der Waals surface area contributed by atoms with Crippen molar-refractivity contribution in [3.05, 3.63) is 4.77 Å². The molecule has 0 aliphatic rings. The van der Waals surface area contributed by atoms with Crippen LogP contribution in [0.4, 0.5) is 5.95 Å². The molecule has 0 aliphatic carbocycles. The highest BCUT2D eigenvalue weighted by Gasteiger charge is 2.02. The van der Waals surface area contributed by atoms with Gasteiger partial charge in [-0.15, -0.1) is 0 Å². The Hall–Kier alpha value is -0.920. The maximum absolute atomic E-state index is 5.61. The number of nitrogens with one attached hydrogen (secondary N) is 2. The molecule has 0 fully saturated rings. The van der Waals surface area contributed by atoms with Crippen molar-refractivity contribution in [1.29, 1.82) is 0 Å². The van der Waals surface area contributed by atoms with Crippen molar-refractivity contribution < 1.29 is 0 Å². The van der Waals surface area contributed by atoms with Crippen LogP contribution < -0.4 is 16.6 Å². The molecule has 0 bridgehead atoms. The van der Waals surface area contributed by atoms with Gasteiger partial charge in [0.15, 0.2) is 0 Å². The van der Waals surface area contributed by atoms with E-state index in [-0.39, 0.29) is 0 Å². The summed E-state index contributed by atoms with van der Waals surface area (Å²) < 4.78 is 0.396. The lowest BCUT2D eigenvalue weighted by molar-refractivity contribution is 0.742. The van der Waals surface area contributed by atoms with E-state index < -0.39 is 0 Å². The minimum Gasteiger partial charge on any atom is -0.330 e. The number of aromatic nitrogens is 3. The molecule has 1 heterocycles. The van der Waals surface area contributed by atoms with Crippen molar-refractivity contribution in [2.45, 2.75) is 6.42 Å². The van der Waals surface area contributed by atoms with Gasteiger partial charge in [-0.2, -0.15) is 4.98 Å². The second-order valence-corrected chi connectivity index (χ2v) is 2.71. The quantitative estimate of drug-likeness (QED) is 0.290. The highest BCUT2D eigenvalue weighted by molar-refractivity contribution is 7.71. The van der Waals surface area contributed by atoms with Crippen LogP contribution in [-0.4, -0.2) is 28.3 Å². The van der Waals surface area contributed by atoms with Gasteiger partial charge in [0.25, 0.3) is 0 Å². The zero-order valence-electron chi connectivity index (χ0n) is 6.58.